The Balaban J connectivity index is 2.79. The van der Waals surface area contributed by atoms with Gasteiger partial charge in [0.1, 0.15) is 0 Å². The number of nitrogens with one attached hydrogen (secondary N) is 1. The Bertz CT molecular complexity index is 207. The van der Waals surface area contributed by atoms with Crippen LogP contribution in [0.2, 0.25) is 0 Å². The molecule has 0 aromatic rings. The molecule has 2 unspecified atom stereocenters. The number of hydrogen-bond donors (Lipinski definition) is 2. The van der Waals surface area contributed by atoms with Gasteiger partial charge in [0, 0.05) is 18.1 Å². The molecule has 0 saturated heterocycles. The molecule has 3 N–H and O–H groups in total. The van der Waals surface area contributed by atoms with E-state index in [1.54, 1.807) is 0 Å². The molecule has 1 rings (SSSR count). The van der Waals surface area contributed by atoms with E-state index in [2.05, 4.69) is 39.9 Å². The molecule has 0 amide bonds. The van der Waals surface area contributed by atoms with E-state index in [0.29, 0.717) is 11.5 Å². The van der Waals surface area contributed by atoms with E-state index in [4.69, 9.17) is 5.73 Å². The zero-order valence-electron chi connectivity index (χ0n) is 11.1. The van der Waals surface area contributed by atoms with Crippen molar-refractivity contribution < 1.29 is 0 Å². The molecule has 2 atom stereocenters. The SMILES string of the molecule is CC1CC(C)(C)CC(CN)(NC(C)C)C1. The molecule has 1 aliphatic rings. The lowest BCUT2D eigenvalue weighted by Gasteiger charge is -2.48. The highest BCUT2D eigenvalue weighted by Crippen LogP contribution is 2.43. The summed E-state index contributed by atoms with van der Waals surface area (Å²) in [6.45, 7) is 12.3. The van der Waals surface area contributed by atoms with E-state index in [1.165, 1.54) is 19.3 Å². The predicted octanol–water partition coefficient (Wildman–Crippen LogP) is 2.53. The van der Waals surface area contributed by atoms with Crippen LogP contribution in [0.4, 0.5) is 0 Å². The topological polar surface area (TPSA) is 38.0 Å². The third-order valence-corrected chi connectivity index (χ3v) is 3.44. The van der Waals surface area contributed by atoms with Gasteiger partial charge in [0.05, 0.1) is 0 Å². The van der Waals surface area contributed by atoms with E-state index in [0.717, 1.165) is 12.5 Å². The van der Waals surface area contributed by atoms with Crippen LogP contribution in [0.25, 0.3) is 0 Å². The van der Waals surface area contributed by atoms with Gasteiger partial charge in [-0.25, -0.2) is 0 Å². The molecule has 0 aliphatic heterocycles. The first kappa shape index (κ1) is 13.0. The lowest BCUT2D eigenvalue weighted by atomic mass is 9.64. The average molecular weight is 212 g/mol. The molecule has 0 bridgehead atoms. The summed E-state index contributed by atoms with van der Waals surface area (Å²) in [7, 11) is 0. The Morgan fingerprint density at radius 1 is 1.33 bits per heavy atom. The Labute approximate surface area is 95.0 Å². The van der Waals surface area contributed by atoms with E-state index >= 15 is 0 Å². The maximum Gasteiger partial charge on any atom is 0.0313 e. The molecule has 90 valence electrons. The summed E-state index contributed by atoms with van der Waals surface area (Å²) in [6.07, 6.45) is 3.76. The molecule has 1 saturated carbocycles. The van der Waals surface area contributed by atoms with Crippen LogP contribution in [0.1, 0.15) is 53.9 Å². The molecule has 0 heterocycles. The van der Waals surface area contributed by atoms with Gasteiger partial charge in [-0.3, -0.25) is 0 Å². The van der Waals surface area contributed by atoms with Gasteiger partial charge in [-0.2, -0.15) is 0 Å². The Kier molecular flexibility index (Phi) is 3.83. The molecular formula is C13H28N2. The maximum absolute atomic E-state index is 6.01. The van der Waals surface area contributed by atoms with E-state index in [9.17, 15) is 0 Å². The maximum atomic E-state index is 6.01. The van der Waals surface area contributed by atoms with Crippen LogP contribution < -0.4 is 11.1 Å². The van der Waals surface area contributed by atoms with Gasteiger partial charge in [0.25, 0.3) is 0 Å². The highest BCUT2D eigenvalue weighted by atomic mass is 15.0. The third-order valence-electron chi connectivity index (χ3n) is 3.44. The van der Waals surface area contributed by atoms with Gasteiger partial charge in [0.15, 0.2) is 0 Å². The Morgan fingerprint density at radius 2 is 1.93 bits per heavy atom. The highest BCUT2D eigenvalue weighted by molar-refractivity contribution is 5.00. The van der Waals surface area contributed by atoms with Gasteiger partial charge in [-0.15, -0.1) is 0 Å². The molecule has 15 heavy (non-hydrogen) atoms. The fraction of sp³-hybridized carbons (Fsp3) is 1.00. The molecular weight excluding hydrogens is 184 g/mol. The summed E-state index contributed by atoms with van der Waals surface area (Å²) >= 11 is 0. The zero-order chi connectivity index (χ0) is 11.7. The fourth-order valence-electron chi connectivity index (χ4n) is 3.68. The van der Waals surface area contributed by atoms with Crippen molar-refractivity contribution in [1.29, 1.82) is 0 Å². The normalized spacial score (nSPS) is 35.8. The Hall–Kier alpha value is -0.0800. The number of hydrogen-bond acceptors (Lipinski definition) is 2. The second-order valence-electron chi connectivity index (χ2n) is 6.64. The number of nitrogens with two attached hydrogens (primary N) is 1. The largest absolute Gasteiger partial charge is 0.329 e. The molecule has 2 nitrogen and oxygen atoms in total. The standard InChI is InChI=1S/C13H28N2/c1-10(2)15-13(9-14)7-11(3)6-12(4,5)8-13/h10-11,15H,6-9,14H2,1-5H3. The molecule has 0 spiro atoms. The highest BCUT2D eigenvalue weighted by Gasteiger charge is 2.41. The average Bonchev–Trinajstić information content (AvgIpc) is 1.98. The molecule has 0 aromatic heterocycles. The van der Waals surface area contributed by atoms with Crippen molar-refractivity contribution in [2.45, 2.75) is 65.5 Å². The van der Waals surface area contributed by atoms with Crippen LogP contribution >= 0.6 is 0 Å². The Morgan fingerprint density at radius 3 is 2.33 bits per heavy atom. The van der Waals surface area contributed by atoms with E-state index in [1.807, 2.05) is 0 Å². The second kappa shape index (κ2) is 4.42. The van der Waals surface area contributed by atoms with Crippen molar-refractivity contribution >= 4 is 0 Å². The van der Waals surface area contributed by atoms with Crippen LogP contribution in [-0.4, -0.2) is 18.1 Å². The summed E-state index contributed by atoms with van der Waals surface area (Å²) in [5.41, 5.74) is 6.61. The van der Waals surface area contributed by atoms with Crippen LogP contribution in [0.5, 0.6) is 0 Å². The minimum absolute atomic E-state index is 0.176. The van der Waals surface area contributed by atoms with Gasteiger partial charge in [-0.05, 0) is 30.6 Å². The quantitative estimate of drug-likeness (QED) is 0.754. The van der Waals surface area contributed by atoms with Crippen LogP contribution in [0, 0.1) is 11.3 Å². The van der Waals surface area contributed by atoms with Crippen LogP contribution in [0.3, 0.4) is 0 Å². The lowest BCUT2D eigenvalue weighted by Crippen LogP contribution is -2.59. The first-order chi connectivity index (χ1) is 6.79. The van der Waals surface area contributed by atoms with Gasteiger partial charge in [0.2, 0.25) is 0 Å². The summed E-state index contributed by atoms with van der Waals surface area (Å²) in [5, 5.41) is 3.71. The van der Waals surface area contributed by atoms with Crippen molar-refractivity contribution in [1.82, 2.24) is 5.32 Å². The smallest absolute Gasteiger partial charge is 0.0313 e. The summed E-state index contributed by atoms with van der Waals surface area (Å²) in [4.78, 5) is 0. The minimum Gasteiger partial charge on any atom is -0.329 e. The molecule has 2 heteroatoms. The second-order valence-corrected chi connectivity index (χ2v) is 6.64. The van der Waals surface area contributed by atoms with E-state index < -0.39 is 0 Å². The van der Waals surface area contributed by atoms with Gasteiger partial charge >= 0.3 is 0 Å². The first-order valence-electron chi connectivity index (χ1n) is 6.26. The third kappa shape index (κ3) is 3.46. The van der Waals surface area contributed by atoms with Crippen molar-refractivity contribution in [3.63, 3.8) is 0 Å². The molecule has 1 aliphatic carbocycles. The van der Waals surface area contributed by atoms with Crippen molar-refractivity contribution in [2.75, 3.05) is 6.54 Å². The molecule has 0 radical (unpaired) electrons. The summed E-state index contributed by atoms with van der Waals surface area (Å²) < 4.78 is 0. The van der Waals surface area contributed by atoms with Crippen molar-refractivity contribution in [3.05, 3.63) is 0 Å². The molecule has 0 aromatic carbocycles. The van der Waals surface area contributed by atoms with Gasteiger partial charge in [-0.1, -0.05) is 34.6 Å². The lowest BCUT2D eigenvalue weighted by molar-refractivity contribution is 0.0804. The molecule has 1 fully saturated rings. The monoisotopic (exact) mass is 212 g/mol. The summed E-state index contributed by atoms with van der Waals surface area (Å²) in [5.74, 6) is 0.781. The minimum atomic E-state index is 0.176. The van der Waals surface area contributed by atoms with Crippen LogP contribution in [-0.2, 0) is 0 Å². The predicted molar refractivity (Wildman–Crippen MR) is 66.9 cm³/mol. The fourth-order valence-corrected chi connectivity index (χ4v) is 3.68. The zero-order valence-corrected chi connectivity index (χ0v) is 11.1. The van der Waals surface area contributed by atoms with Crippen molar-refractivity contribution in [3.8, 4) is 0 Å². The van der Waals surface area contributed by atoms with E-state index in [-0.39, 0.29) is 5.54 Å². The number of rotatable bonds is 3. The van der Waals surface area contributed by atoms with Crippen LogP contribution in [0.15, 0.2) is 0 Å². The van der Waals surface area contributed by atoms with Gasteiger partial charge < -0.3 is 11.1 Å². The van der Waals surface area contributed by atoms with Crippen molar-refractivity contribution in [2.24, 2.45) is 17.1 Å². The summed E-state index contributed by atoms with van der Waals surface area (Å²) in [6, 6.07) is 0.523. The first-order valence-corrected chi connectivity index (χ1v) is 6.26.